The Balaban J connectivity index is 1.15. The molecule has 3 aromatic carbocycles. The van der Waals surface area contributed by atoms with E-state index in [4.69, 9.17) is 27.9 Å². The standard InChI is InChI=1S/C28H28Cl2N4O2/c29-23-13-21(14-24(30)16-23)19-36-26-7-3-20(4-8-26)15-28(35)32-25-6-5-22-18-31-34(27(22)17-25)12-11-33-9-1-2-10-33/h3-8,13-14,16-18H,1-2,9-12,15,19H2,(H,32,35). The van der Waals surface area contributed by atoms with Gasteiger partial charge in [-0.05, 0) is 85.6 Å². The zero-order valence-electron chi connectivity index (χ0n) is 19.9. The smallest absolute Gasteiger partial charge is 0.228 e. The van der Waals surface area contributed by atoms with E-state index in [0.29, 0.717) is 22.4 Å². The number of hydrogen-bond acceptors (Lipinski definition) is 4. The molecule has 1 aromatic heterocycles. The van der Waals surface area contributed by atoms with Gasteiger partial charge >= 0.3 is 0 Å². The Labute approximate surface area is 220 Å². The van der Waals surface area contributed by atoms with Crippen molar-refractivity contribution in [3.63, 3.8) is 0 Å². The minimum Gasteiger partial charge on any atom is -0.489 e. The number of carbonyl (C=O) groups is 1. The topological polar surface area (TPSA) is 59.4 Å². The van der Waals surface area contributed by atoms with E-state index in [2.05, 4.69) is 15.3 Å². The van der Waals surface area contributed by atoms with E-state index in [-0.39, 0.29) is 12.3 Å². The van der Waals surface area contributed by atoms with Crippen LogP contribution in [0.5, 0.6) is 5.75 Å². The highest BCUT2D eigenvalue weighted by Crippen LogP contribution is 2.22. The molecule has 5 rings (SSSR count). The van der Waals surface area contributed by atoms with Crippen LogP contribution in [-0.2, 0) is 24.4 Å². The number of nitrogens with zero attached hydrogens (tertiary/aromatic N) is 3. The number of likely N-dealkylation sites (tertiary alicyclic amines) is 1. The van der Waals surface area contributed by atoms with E-state index in [1.54, 1.807) is 6.07 Å². The fraction of sp³-hybridized carbons (Fsp3) is 0.286. The minimum absolute atomic E-state index is 0.0697. The van der Waals surface area contributed by atoms with Crippen LogP contribution in [0.3, 0.4) is 0 Å². The van der Waals surface area contributed by atoms with Gasteiger partial charge in [-0.2, -0.15) is 5.10 Å². The van der Waals surface area contributed by atoms with Crippen LogP contribution in [0.2, 0.25) is 10.0 Å². The lowest BCUT2D eigenvalue weighted by molar-refractivity contribution is -0.115. The van der Waals surface area contributed by atoms with Crippen molar-refractivity contribution in [3.8, 4) is 5.75 Å². The molecule has 0 radical (unpaired) electrons. The van der Waals surface area contributed by atoms with Gasteiger partial charge in [0.15, 0.2) is 0 Å². The summed E-state index contributed by atoms with van der Waals surface area (Å²) in [6, 6.07) is 18.8. The van der Waals surface area contributed by atoms with Gasteiger partial charge in [-0.3, -0.25) is 9.48 Å². The number of hydrogen-bond donors (Lipinski definition) is 1. The number of halogens is 2. The highest BCUT2D eigenvalue weighted by Gasteiger charge is 2.13. The minimum atomic E-state index is -0.0697. The zero-order valence-corrected chi connectivity index (χ0v) is 21.4. The summed E-state index contributed by atoms with van der Waals surface area (Å²) in [5, 5.41) is 9.80. The number of carbonyl (C=O) groups excluding carboxylic acids is 1. The molecule has 8 heteroatoms. The molecule has 36 heavy (non-hydrogen) atoms. The molecule has 0 saturated carbocycles. The predicted octanol–water partition coefficient (Wildman–Crippen LogP) is 6.20. The molecule has 0 unspecified atom stereocenters. The number of anilines is 1. The largest absolute Gasteiger partial charge is 0.489 e. The quantitative estimate of drug-likeness (QED) is 0.284. The van der Waals surface area contributed by atoms with Crippen LogP contribution < -0.4 is 10.1 Å². The van der Waals surface area contributed by atoms with Gasteiger partial charge in [-0.25, -0.2) is 0 Å². The van der Waals surface area contributed by atoms with E-state index in [9.17, 15) is 4.79 Å². The molecular formula is C28H28Cl2N4O2. The normalized spacial score (nSPS) is 13.8. The molecule has 2 heterocycles. The summed E-state index contributed by atoms with van der Waals surface area (Å²) >= 11 is 12.1. The maximum Gasteiger partial charge on any atom is 0.228 e. The highest BCUT2D eigenvalue weighted by molar-refractivity contribution is 6.34. The summed E-state index contributed by atoms with van der Waals surface area (Å²) in [5.74, 6) is 0.641. The predicted molar refractivity (Wildman–Crippen MR) is 145 cm³/mol. The lowest BCUT2D eigenvalue weighted by Gasteiger charge is -2.14. The van der Waals surface area contributed by atoms with Crippen molar-refractivity contribution < 1.29 is 9.53 Å². The summed E-state index contributed by atoms with van der Waals surface area (Å²) in [6.07, 6.45) is 4.72. The number of fused-ring (bicyclic) bond motifs is 1. The molecular weight excluding hydrogens is 495 g/mol. The molecule has 6 nitrogen and oxygen atoms in total. The molecule has 1 aliphatic heterocycles. The molecule has 0 bridgehead atoms. The molecule has 0 spiro atoms. The van der Waals surface area contributed by atoms with Crippen molar-refractivity contribution in [2.75, 3.05) is 25.0 Å². The lowest BCUT2D eigenvalue weighted by atomic mass is 10.1. The van der Waals surface area contributed by atoms with Gasteiger partial charge in [-0.1, -0.05) is 35.3 Å². The van der Waals surface area contributed by atoms with Crippen LogP contribution in [-0.4, -0.2) is 40.2 Å². The van der Waals surface area contributed by atoms with Crippen molar-refractivity contribution in [2.24, 2.45) is 0 Å². The van der Waals surface area contributed by atoms with Gasteiger partial charge in [0, 0.05) is 27.7 Å². The Kier molecular flexibility index (Phi) is 7.75. The molecule has 0 aliphatic carbocycles. The van der Waals surface area contributed by atoms with Crippen LogP contribution in [0.15, 0.2) is 66.9 Å². The van der Waals surface area contributed by atoms with E-state index in [1.165, 1.54) is 25.9 Å². The molecule has 1 fully saturated rings. The number of amides is 1. The lowest BCUT2D eigenvalue weighted by Crippen LogP contribution is -2.24. The first kappa shape index (κ1) is 24.6. The Hall–Kier alpha value is -3.06. The van der Waals surface area contributed by atoms with Crippen molar-refractivity contribution in [2.45, 2.75) is 32.4 Å². The fourth-order valence-electron chi connectivity index (χ4n) is 4.52. The summed E-state index contributed by atoms with van der Waals surface area (Å²) < 4.78 is 7.85. The summed E-state index contributed by atoms with van der Waals surface area (Å²) in [7, 11) is 0. The van der Waals surface area contributed by atoms with Crippen LogP contribution in [0.1, 0.15) is 24.0 Å². The van der Waals surface area contributed by atoms with E-state index < -0.39 is 0 Å². The van der Waals surface area contributed by atoms with Gasteiger partial charge in [0.2, 0.25) is 5.91 Å². The monoisotopic (exact) mass is 522 g/mol. The van der Waals surface area contributed by atoms with E-state index in [0.717, 1.165) is 40.8 Å². The third-order valence-corrected chi connectivity index (χ3v) is 6.81. The Morgan fingerprint density at radius 1 is 0.917 bits per heavy atom. The van der Waals surface area contributed by atoms with E-state index >= 15 is 0 Å². The molecule has 0 atom stereocenters. The van der Waals surface area contributed by atoms with Gasteiger partial charge < -0.3 is 15.0 Å². The highest BCUT2D eigenvalue weighted by atomic mass is 35.5. The first-order valence-electron chi connectivity index (χ1n) is 12.2. The maximum atomic E-state index is 12.7. The Morgan fingerprint density at radius 3 is 2.42 bits per heavy atom. The fourth-order valence-corrected chi connectivity index (χ4v) is 5.10. The molecule has 1 amide bonds. The summed E-state index contributed by atoms with van der Waals surface area (Å²) in [5.41, 5.74) is 3.61. The second kappa shape index (κ2) is 11.3. The average molecular weight is 523 g/mol. The molecule has 1 aliphatic rings. The number of aromatic nitrogens is 2. The average Bonchev–Trinajstić information content (AvgIpc) is 3.51. The van der Waals surface area contributed by atoms with Crippen LogP contribution in [0, 0.1) is 0 Å². The zero-order chi connectivity index (χ0) is 24.9. The molecule has 1 N–H and O–H groups in total. The molecule has 1 saturated heterocycles. The maximum absolute atomic E-state index is 12.7. The van der Waals surface area contributed by atoms with Crippen molar-refractivity contribution in [1.82, 2.24) is 14.7 Å². The van der Waals surface area contributed by atoms with Gasteiger partial charge in [0.25, 0.3) is 0 Å². The SMILES string of the molecule is O=C(Cc1ccc(OCc2cc(Cl)cc(Cl)c2)cc1)Nc1ccc2cnn(CCN3CCCC3)c2c1. The Morgan fingerprint density at radius 2 is 1.67 bits per heavy atom. The second-order valence-electron chi connectivity index (χ2n) is 9.13. The van der Waals surface area contributed by atoms with Crippen LogP contribution in [0.4, 0.5) is 5.69 Å². The number of rotatable bonds is 9. The summed E-state index contributed by atoms with van der Waals surface area (Å²) in [6.45, 7) is 4.55. The van der Waals surface area contributed by atoms with Crippen LogP contribution >= 0.6 is 23.2 Å². The summed E-state index contributed by atoms with van der Waals surface area (Å²) in [4.78, 5) is 15.2. The van der Waals surface area contributed by atoms with Crippen molar-refractivity contribution in [1.29, 1.82) is 0 Å². The van der Waals surface area contributed by atoms with Crippen molar-refractivity contribution in [3.05, 3.63) is 88.0 Å². The van der Waals surface area contributed by atoms with Gasteiger partial charge in [0.1, 0.15) is 12.4 Å². The van der Waals surface area contributed by atoms with Gasteiger partial charge in [0.05, 0.1) is 24.7 Å². The number of benzene rings is 3. The third-order valence-electron chi connectivity index (χ3n) is 6.37. The van der Waals surface area contributed by atoms with Gasteiger partial charge in [-0.15, -0.1) is 0 Å². The second-order valence-corrected chi connectivity index (χ2v) is 10.00. The first-order chi connectivity index (χ1) is 17.5. The van der Waals surface area contributed by atoms with Crippen LogP contribution in [0.25, 0.3) is 10.9 Å². The molecule has 4 aromatic rings. The number of nitrogens with one attached hydrogen (secondary N) is 1. The number of ether oxygens (including phenoxy) is 1. The third kappa shape index (κ3) is 6.38. The molecule has 186 valence electrons. The van der Waals surface area contributed by atoms with E-state index in [1.807, 2.05) is 65.5 Å². The van der Waals surface area contributed by atoms with Crippen molar-refractivity contribution >= 4 is 45.7 Å². The Bertz CT molecular complexity index is 1330. The first-order valence-corrected chi connectivity index (χ1v) is 12.9.